The molecule has 0 aromatic rings. The highest BCUT2D eigenvalue weighted by Crippen LogP contribution is 2.31. The van der Waals surface area contributed by atoms with Gasteiger partial charge in [-0.2, -0.15) is 0 Å². The number of hydrogen-bond donors (Lipinski definition) is 2. The van der Waals surface area contributed by atoms with Crippen molar-refractivity contribution in [3.63, 3.8) is 0 Å². The zero-order valence-corrected chi connectivity index (χ0v) is 60.0. The summed E-state index contributed by atoms with van der Waals surface area (Å²) < 4.78 is 0. The van der Waals surface area contributed by atoms with Crippen molar-refractivity contribution in [2.45, 2.75) is 333 Å². The van der Waals surface area contributed by atoms with Crippen molar-refractivity contribution < 1.29 is 0 Å². The molecule has 7 heteroatoms. The molecule has 5 aliphatic rings. The van der Waals surface area contributed by atoms with Gasteiger partial charge >= 0.3 is 0 Å². The summed E-state index contributed by atoms with van der Waals surface area (Å²) in [6, 6.07) is 5.77. The molecule has 0 aromatic heterocycles. The van der Waals surface area contributed by atoms with Gasteiger partial charge in [-0.25, -0.2) is 0 Å². The Bertz CT molecular complexity index is 1220. The monoisotopic (exact) mass is 1130 g/mol. The topological polar surface area (TPSA) is 40.3 Å². The molecule has 2 N–H and O–H groups in total. The first-order valence-corrected chi connectivity index (χ1v) is 34.9. The number of rotatable bonds is 19. The van der Waals surface area contributed by atoms with Gasteiger partial charge < -0.3 is 35.1 Å². The van der Waals surface area contributed by atoms with Gasteiger partial charge in [-0.15, -0.1) is 0 Å². The number of nitrogens with one attached hydrogen (secondary N) is 2. The summed E-state index contributed by atoms with van der Waals surface area (Å²) in [7, 11) is 2.19. The quantitative estimate of drug-likeness (QED) is 0.134. The number of piperidine rings is 3. The van der Waals surface area contributed by atoms with Gasteiger partial charge in [0.2, 0.25) is 0 Å². The van der Waals surface area contributed by atoms with E-state index in [2.05, 4.69) is 236 Å². The highest BCUT2D eigenvalue weighted by atomic mass is 15.2. The fraction of sp³-hybridized carbons (Fsp3) is 1.00. The van der Waals surface area contributed by atoms with E-state index < -0.39 is 0 Å². The van der Waals surface area contributed by atoms with Crippen LogP contribution in [0.25, 0.3) is 0 Å². The van der Waals surface area contributed by atoms with Crippen molar-refractivity contribution in [3.05, 3.63) is 0 Å². The first-order valence-electron chi connectivity index (χ1n) is 34.9. The van der Waals surface area contributed by atoms with Crippen LogP contribution >= 0.6 is 0 Å². The van der Waals surface area contributed by atoms with Crippen LogP contribution in [0.5, 0.6) is 0 Å². The molecule has 0 radical (unpaired) electrons. The molecule has 1 aliphatic carbocycles. The van der Waals surface area contributed by atoms with E-state index in [1.165, 1.54) is 142 Å². The maximum Gasteiger partial charge on any atom is 0.00696 e. The van der Waals surface area contributed by atoms with E-state index >= 15 is 0 Å². The van der Waals surface area contributed by atoms with Gasteiger partial charge in [0.15, 0.2) is 0 Å². The molecule has 1 saturated carbocycles. The van der Waals surface area contributed by atoms with E-state index in [1.54, 1.807) is 0 Å². The molecule has 80 heavy (non-hydrogen) atoms. The van der Waals surface area contributed by atoms with Crippen molar-refractivity contribution in [1.29, 1.82) is 0 Å². The summed E-state index contributed by atoms with van der Waals surface area (Å²) in [5.41, 5.74) is 0. The van der Waals surface area contributed by atoms with Crippen LogP contribution in [0.15, 0.2) is 0 Å². The van der Waals surface area contributed by atoms with Gasteiger partial charge in [-0.3, -0.25) is 0 Å². The third-order valence-electron chi connectivity index (χ3n) is 19.0. The number of likely N-dealkylation sites (tertiary alicyclic amines) is 4. The van der Waals surface area contributed by atoms with Gasteiger partial charge in [-0.05, 0) is 277 Å². The van der Waals surface area contributed by atoms with Crippen LogP contribution in [0.2, 0.25) is 0 Å². The Labute approximate surface area is 509 Å². The van der Waals surface area contributed by atoms with E-state index in [-0.39, 0.29) is 7.43 Å². The smallest absolute Gasteiger partial charge is 0.00696 e. The van der Waals surface area contributed by atoms with E-state index in [4.69, 9.17) is 0 Å². The van der Waals surface area contributed by atoms with Crippen molar-refractivity contribution in [1.82, 2.24) is 35.1 Å². The SMILES string of the molecule is C.CC(C)C1CCCN(C(C)C)C1.CC(C)C1CCN(C(C)C)C1.CC(C)C1CCN(C(C)C)CC1.CC(C)CCN(C)C(C)C.CC(C)CCNC(C)C.CC(C)NC1CCC(C(C)C)CC1.CC(C)[C@@H]1CCCN(C(C)C)C1. The molecule has 7 nitrogen and oxygen atoms in total. The molecule has 0 amide bonds. The van der Waals surface area contributed by atoms with Crippen LogP contribution in [0, 0.1) is 71.0 Å². The lowest BCUT2D eigenvalue weighted by atomic mass is 9.79. The van der Waals surface area contributed by atoms with Crippen molar-refractivity contribution >= 4 is 0 Å². The summed E-state index contributed by atoms with van der Waals surface area (Å²) in [4.78, 5) is 12.8. The molecule has 3 atom stereocenters. The molecule has 5 fully saturated rings. The third-order valence-corrected chi connectivity index (χ3v) is 19.0. The zero-order valence-electron chi connectivity index (χ0n) is 60.0. The van der Waals surface area contributed by atoms with E-state index in [0.29, 0.717) is 18.1 Å². The van der Waals surface area contributed by atoms with Crippen LogP contribution in [0.1, 0.15) is 285 Å². The Balaban J connectivity index is -0.000000866. The highest BCUT2D eigenvalue weighted by Gasteiger charge is 2.28. The summed E-state index contributed by atoms with van der Waals surface area (Å²) in [5.74, 6) is 10.9. The predicted molar refractivity (Wildman–Crippen MR) is 368 cm³/mol. The lowest BCUT2D eigenvalue weighted by Crippen LogP contribution is -2.41. The minimum absolute atomic E-state index is 0. The summed E-state index contributed by atoms with van der Waals surface area (Å²) in [6.07, 6.45) is 18.2. The number of nitrogens with zero attached hydrogens (tertiary/aromatic N) is 5. The summed E-state index contributed by atoms with van der Waals surface area (Å²) >= 11 is 0. The fourth-order valence-electron chi connectivity index (χ4n) is 11.8. The van der Waals surface area contributed by atoms with Gasteiger partial charge in [-0.1, -0.05) is 132 Å². The standard InChI is InChI=1S/C12H25N.3C11H23N.C10H21N.C9H21N.C8H19N.CH4/c1-9(2)11-5-7-12(8-6-11)13-10(3)4;1-9(2)11-5-7-12(8-6-11)10(3)4;2*1-9(2)11-6-5-7-12(8-11)10(3)4;1-8(2)10-5-6-11(7-10)9(3)4;1-8(2)6-7-10(5)9(3)4;1-7(2)5-6-9-8(3)4;/h9-13H,5-8H2,1-4H3;3*9-11H,5-8H2,1-4H3;8-10H,5-7H2,1-4H3;8-9H,6-7H2,1-5H3;7-9H,5-6H2,1-4H3;1H4/t;;11-;;;;;/m..1...../s1. The Hall–Kier alpha value is -0.280. The van der Waals surface area contributed by atoms with Gasteiger partial charge in [0.25, 0.3) is 0 Å². The lowest BCUT2D eigenvalue weighted by molar-refractivity contribution is 0.117. The van der Waals surface area contributed by atoms with Crippen LogP contribution in [-0.4, -0.2) is 145 Å². The molecule has 0 spiro atoms. The van der Waals surface area contributed by atoms with Crippen LogP contribution in [-0.2, 0) is 0 Å². The highest BCUT2D eigenvalue weighted by molar-refractivity contribution is 4.82. The molecule has 486 valence electrons. The maximum atomic E-state index is 3.64. The Morgan fingerprint density at radius 1 is 0.362 bits per heavy atom. The minimum atomic E-state index is 0. The third kappa shape index (κ3) is 42.5. The van der Waals surface area contributed by atoms with Crippen molar-refractivity contribution in [2.24, 2.45) is 71.0 Å². The van der Waals surface area contributed by atoms with Crippen LogP contribution in [0.4, 0.5) is 0 Å². The average Bonchev–Trinajstić information content (AvgIpc) is 3.89. The zero-order chi connectivity index (χ0) is 61.1. The second-order valence-corrected chi connectivity index (χ2v) is 30.8. The molecular formula is C73H159N7. The molecule has 4 saturated heterocycles. The Morgan fingerprint density at radius 3 is 0.975 bits per heavy atom. The lowest BCUT2D eigenvalue weighted by Gasteiger charge is -2.37. The predicted octanol–water partition coefficient (Wildman–Crippen LogP) is 18.9. The molecule has 0 aromatic carbocycles. The Kier molecular flexibility index (Phi) is 50.2. The molecule has 0 bridgehead atoms. The van der Waals surface area contributed by atoms with Crippen LogP contribution < -0.4 is 10.6 Å². The second kappa shape index (κ2) is 47.8. The van der Waals surface area contributed by atoms with E-state index in [0.717, 1.165) is 108 Å². The van der Waals surface area contributed by atoms with Gasteiger partial charge in [0.05, 0.1) is 0 Å². The fourth-order valence-corrected chi connectivity index (χ4v) is 11.8. The molecule has 2 unspecified atom stereocenters. The molecule has 5 rings (SSSR count). The minimum Gasteiger partial charge on any atom is -0.315 e. The van der Waals surface area contributed by atoms with E-state index in [9.17, 15) is 0 Å². The Morgan fingerprint density at radius 2 is 0.688 bits per heavy atom. The molecular weight excluding hydrogens is 975 g/mol. The van der Waals surface area contributed by atoms with E-state index in [1.807, 2.05) is 0 Å². The first kappa shape index (κ1) is 83.9. The normalized spacial score (nSPS) is 22.9. The molecule has 4 aliphatic heterocycles. The van der Waals surface area contributed by atoms with Gasteiger partial charge in [0, 0.05) is 68.0 Å². The van der Waals surface area contributed by atoms with Crippen molar-refractivity contribution in [2.75, 3.05) is 72.5 Å². The maximum absolute atomic E-state index is 3.64. The number of hydrogen-bond acceptors (Lipinski definition) is 7. The average molecular weight is 1140 g/mol. The summed E-state index contributed by atoms with van der Waals surface area (Å²) in [5, 5.41) is 7.02. The first-order chi connectivity index (χ1) is 36.7. The summed E-state index contributed by atoms with van der Waals surface area (Å²) in [6.45, 7) is 77.3. The largest absolute Gasteiger partial charge is 0.315 e. The second-order valence-electron chi connectivity index (χ2n) is 30.8. The van der Waals surface area contributed by atoms with Crippen LogP contribution in [0.3, 0.4) is 0 Å². The van der Waals surface area contributed by atoms with Crippen molar-refractivity contribution in [3.8, 4) is 0 Å². The molecule has 4 heterocycles. The van der Waals surface area contributed by atoms with Gasteiger partial charge in [0.1, 0.15) is 0 Å².